The summed E-state index contributed by atoms with van der Waals surface area (Å²) in [5.41, 5.74) is 2.61. The smallest absolute Gasteiger partial charge is 0.293 e. The standard InChI is InChI=1S/C25H18Br3NO4S/c1-32-21-10-17(20(28)12-22(21)33-14-16-4-8-19(27)9-5-16)11-23-24(30)29(25(31)34-23)13-15-2-6-18(26)7-3-15/h2-12H,13-14H2,1H3/b23-11-. The Balaban J connectivity index is 1.52. The Morgan fingerprint density at radius 3 is 2.12 bits per heavy atom. The molecule has 34 heavy (non-hydrogen) atoms. The van der Waals surface area contributed by atoms with E-state index in [4.69, 9.17) is 9.47 Å². The number of hydrogen-bond acceptors (Lipinski definition) is 5. The van der Waals surface area contributed by atoms with Crippen LogP contribution in [-0.2, 0) is 17.9 Å². The molecule has 0 spiro atoms. The summed E-state index contributed by atoms with van der Waals surface area (Å²) < 4.78 is 14.1. The van der Waals surface area contributed by atoms with Crippen LogP contribution in [0.5, 0.6) is 11.5 Å². The number of carbonyl (C=O) groups excluding carboxylic acids is 2. The van der Waals surface area contributed by atoms with Crippen LogP contribution < -0.4 is 9.47 Å². The summed E-state index contributed by atoms with van der Waals surface area (Å²) in [6.45, 7) is 0.604. The maximum absolute atomic E-state index is 12.9. The number of thioether (sulfide) groups is 1. The van der Waals surface area contributed by atoms with Gasteiger partial charge < -0.3 is 9.47 Å². The Labute approximate surface area is 226 Å². The van der Waals surface area contributed by atoms with E-state index in [0.717, 1.165) is 36.3 Å². The molecule has 0 unspecified atom stereocenters. The second-order valence-corrected chi connectivity index (χ2v) is 11.0. The minimum absolute atomic E-state index is 0.225. The summed E-state index contributed by atoms with van der Waals surface area (Å²) in [6.07, 6.45) is 1.69. The van der Waals surface area contributed by atoms with E-state index in [0.29, 0.717) is 28.6 Å². The Morgan fingerprint density at radius 2 is 1.50 bits per heavy atom. The van der Waals surface area contributed by atoms with Crippen molar-refractivity contribution in [1.29, 1.82) is 0 Å². The van der Waals surface area contributed by atoms with E-state index in [1.54, 1.807) is 25.3 Å². The first-order valence-electron chi connectivity index (χ1n) is 10.1. The van der Waals surface area contributed by atoms with E-state index < -0.39 is 0 Å². The molecular formula is C25H18Br3NO4S. The molecule has 1 aliphatic heterocycles. The molecule has 2 amide bonds. The fourth-order valence-electron chi connectivity index (χ4n) is 3.23. The van der Waals surface area contributed by atoms with Crippen LogP contribution in [0.2, 0.25) is 0 Å². The number of imide groups is 1. The van der Waals surface area contributed by atoms with Crippen molar-refractivity contribution in [1.82, 2.24) is 4.90 Å². The highest BCUT2D eigenvalue weighted by Crippen LogP contribution is 2.38. The monoisotopic (exact) mass is 665 g/mol. The molecule has 0 radical (unpaired) electrons. The number of nitrogens with zero attached hydrogens (tertiary/aromatic N) is 1. The summed E-state index contributed by atoms with van der Waals surface area (Å²) in [6, 6.07) is 19.0. The maximum atomic E-state index is 12.9. The summed E-state index contributed by atoms with van der Waals surface area (Å²) in [5, 5.41) is -0.295. The molecule has 1 aliphatic rings. The third kappa shape index (κ3) is 5.94. The number of benzene rings is 3. The van der Waals surface area contributed by atoms with Crippen LogP contribution in [0.1, 0.15) is 16.7 Å². The van der Waals surface area contributed by atoms with Crippen LogP contribution in [0.15, 0.2) is 79.0 Å². The van der Waals surface area contributed by atoms with Crippen molar-refractivity contribution in [3.05, 3.63) is 95.7 Å². The van der Waals surface area contributed by atoms with Crippen LogP contribution in [0.4, 0.5) is 4.79 Å². The Bertz CT molecular complexity index is 1260. The number of carbonyl (C=O) groups is 2. The van der Waals surface area contributed by atoms with E-state index in [1.165, 1.54) is 4.90 Å². The molecule has 0 atom stereocenters. The molecule has 4 rings (SSSR count). The highest BCUT2D eigenvalue weighted by Gasteiger charge is 2.35. The van der Waals surface area contributed by atoms with Gasteiger partial charge in [-0.1, -0.05) is 72.1 Å². The molecule has 0 aromatic heterocycles. The normalized spacial score (nSPS) is 14.7. The predicted octanol–water partition coefficient (Wildman–Crippen LogP) is 7.80. The van der Waals surface area contributed by atoms with Gasteiger partial charge in [0.15, 0.2) is 11.5 Å². The van der Waals surface area contributed by atoms with Gasteiger partial charge in [-0.2, -0.15) is 0 Å². The number of methoxy groups -OCH3 is 1. The molecule has 174 valence electrons. The van der Waals surface area contributed by atoms with Crippen molar-refractivity contribution in [2.45, 2.75) is 13.2 Å². The van der Waals surface area contributed by atoms with Gasteiger partial charge in [-0.05, 0) is 70.9 Å². The molecule has 0 aliphatic carbocycles. The summed E-state index contributed by atoms with van der Waals surface area (Å²) in [5.74, 6) is 0.776. The van der Waals surface area contributed by atoms with Gasteiger partial charge in [0, 0.05) is 13.4 Å². The topological polar surface area (TPSA) is 55.8 Å². The van der Waals surface area contributed by atoms with Crippen molar-refractivity contribution in [2.75, 3.05) is 7.11 Å². The van der Waals surface area contributed by atoms with Gasteiger partial charge in [0.1, 0.15) is 6.61 Å². The number of hydrogen-bond donors (Lipinski definition) is 0. The minimum Gasteiger partial charge on any atom is -0.493 e. The highest BCUT2D eigenvalue weighted by atomic mass is 79.9. The molecule has 1 fully saturated rings. The van der Waals surface area contributed by atoms with Gasteiger partial charge in [0.25, 0.3) is 11.1 Å². The molecule has 0 bridgehead atoms. The quantitative estimate of drug-likeness (QED) is 0.241. The second-order valence-electron chi connectivity index (χ2n) is 7.33. The average Bonchev–Trinajstić information content (AvgIpc) is 3.08. The lowest BCUT2D eigenvalue weighted by molar-refractivity contribution is -0.123. The predicted molar refractivity (Wildman–Crippen MR) is 145 cm³/mol. The first-order valence-corrected chi connectivity index (χ1v) is 13.3. The Morgan fingerprint density at radius 1 is 0.882 bits per heavy atom. The summed E-state index contributed by atoms with van der Waals surface area (Å²) in [7, 11) is 1.56. The van der Waals surface area contributed by atoms with Crippen molar-refractivity contribution in [3.8, 4) is 11.5 Å². The van der Waals surface area contributed by atoms with E-state index in [1.807, 2.05) is 48.5 Å². The van der Waals surface area contributed by atoms with Crippen molar-refractivity contribution in [2.24, 2.45) is 0 Å². The van der Waals surface area contributed by atoms with Crippen LogP contribution in [0.3, 0.4) is 0 Å². The third-order valence-electron chi connectivity index (χ3n) is 5.00. The lowest BCUT2D eigenvalue weighted by Crippen LogP contribution is -2.27. The Kier molecular flexibility index (Phi) is 8.18. The molecule has 0 saturated carbocycles. The number of halogens is 3. The molecule has 1 heterocycles. The van der Waals surface area contributed by atoms with E-state index in [-0.39, 0.29) is 17.7 Å². The van der Waals surface area contributed by atoms with Crippen LogP contribution in [-0.4, -0.2) is 23.2 Å². The molecule has 0 N–H and O–H groups in total. The number of ether oxygens (including phenoxy) is 2. The lowest BCUT2D eigenvalue weighted by Gasteiger charge is -2.13. The van der Waals surface area contributed by atoms with E-state index in [2.05, 4.69) is 47.8 Å². The maximum Gasteiger partial charge on any atom is 0.293 e. The van der Waals surface area contributed by atoms with Gasteiger partial charge in [-0.15, -0.1) is 0 Å². The van der Waals surface area contributed by atoms with Crippen LogP contribution in [0.25, 0.3) is 6.08 Å². The number of amides is 2. The molecule has 3 aromatic rings. The Hall–Kier alpha value is -2.07. The zero-order chi connectivity index (χ0) is 24.2. The van der Waals surface area contributed by atoms with Gasteiger partial charge in [-0.25, -0.2) is 0 Å². The van der Waals surface area contributed by atoms with Crippen LogP contribution >= 0.6 is 59.6 Å². The lowest BCUT2D eigenvalue weighted by atomic mass is 10.1. The van der Waals surface area contributed by atoms with Crippen molar-refractivity contribution >= 4 is 76.8 Å². The van der Waals surface area contributed by atoms with Crippen molar-refractivity contribution in [3.63, 3.8) is 0 Å². The molecule has 3 aromatic carbocycles. The number of rotatable bonds is 7. The average molecular weight is 668 g/mol. The fraction of sp³-hybridized carbons (Fsp3) is 0.120. The van der Waals surface area contributed by atoms with Gasteiger partial charge in [0.2, 0.25) is 0 Å². The second kappa shape index (κ2) is 11.1. The fourth-order valence-corrected chi connectivity index (χ4v) is 5.02. The molecule has 1 saturated heterocycles. The zero-order valence-electron chi connectivity index (χ0n) is 17.9. The molecule has 9 heteroatoms. The highest BCUT2D eigenvalue weighted by molar-refractivity contribution is 9.11. The zero-order valence-corrected chi connectivity index (χ0v) is 23.5. The van der Waals surface area contributed by atoms with Gasteiger partial charge in [0.05, 0.1) is 18.6 Å². The summed E-state index contributed by atoms with van der Waals surface area (Å²) in [4.78, 5) is 27.1. The molecular weight excluding hydrogens is 650 g/mol. The minimum atomic E-state index is -0.320. The molecule has 5 nitrogen and oxygen atoms in total. The largest absolute Gasteiger partial charge is 0.493 e. The van der Waals surface area contributed by atoms with E-state index in [9.17, 15) is 9.59 Å². The van der Waals surface area contributed by atoms with Gasteiger partial charge in [-0.3, -0.25) is 14.5 Å². The first kappa shape index (κ1) is 25.0. The first-order chi connectivity index (χ1) is 16.3. The van der Waals surface area contributed by atoms with Crippen molar-refractivity contribution < 1.29 is 19.1 Å². The van der Waals surface area contributed by atoms with E-state index >= 15 is 0 Å². The SMILES string of the molecule is COc1cc(/C=C2\SC(=O)N(Cc3ccc(Br)cc3)C2=O)c(Br)cc1OCc1ccc(Br)cc1. The third-order valence-corrected chi connectivity index (χ3v) is 7.66. The summed E-state index contributed by atoms with van der Waals surface area (Å²) >= 11 is 11.3. The van der Waals surface area contributed by atoms with Crippen LogP contribution in [0, 0.1) is 0 Å². The van der Waals surface area contributed by atoms with Gasteiger partial charge >= 0.3 is 0 Å².